The van der Waals surface area contributed by atoms with Crippen LogP contribution in [0, 0.1) is 0 Å². The van der Waals surface area contributed by atoms with Crippen LogP contribution < -0.4 is 10.6 Å². The second-order valence-electron chi connectivity index (χ2n) is 7.11. The van der Waals surface area contributed by atoms with E-state index < -0.39 is 0 Å². The van der Waals surface area contributed by atoms with Crippen molar-refractivity contribution in [3.8, 4) is 0 Å². The molecule has 1 aromatic rings. The van der Waals surface area contributed by atoms with Gasteiger partial charge in [0.2, 0.25) is 0 Å². The molecule has 0 amide bonds. The fourth-order valence-corrected chi connectivity index (χ4v) is 8.30. The Hall–Kier alpha value is -0.120. The first kappa shape index (κ1) is 26.1. The maximum absolute atomic E-state index is 4.68. The molecular formula is C22H36N4S4. The van der Waals surface area contributed by atoms with Crippen LogP contribution in [0.1, 0.15) is 39.3 Å². The van der Waals surface area contributed by atoms with Gasteiger partial charge in [-0.2, -0.15) is 23.5 Å². The summed E-state index contributed by atoms with van der Waals surface area (Å²) in [6.45, 7) is 6.76. The van der Waals surface area contributed by atoms with Crippen LogP contribution in [-0.2, 0) is 5.75 Å². The molecule has 8 heteroatoms. The summed E-state index contributed by atoms with van der Waals surface area (Å²) in [5, 5.41) is 8.35. The van der Waals surface area contributed by atoms with E-state index in [0.29, 0.717) is 0 Å². The van der Waals surface area contributed by atoms with Crippen LogP contribution in [0.15, 0.2) is 39.2 Å². The molecule has 2 saturated heterocycles. The molecule has 0 saturated carbocycles. The minimum absolute atomic E-state index is 0. The van der Waals surface area contributed by atoms with Crippen LogP contribution in [0.4, 0.5) is 0 Å². The molecule has 168 valence electrons. The summed E-state index contributed by atoms with van der Waals surface area (Å²) in [4.78, 5) is 11.9. The van der Waals surface area contributed by atoms with Crippen LogP contribution in [0.2, 0.25) is 0 Å². The summed E-state index contributed by atoms with van der Waals surface area (Å²) >= 11 is 4.07. The van der Waals surface area contributed by atoms with E-state index in [1.54, 1.807) is 0 Å². The first-order valence-corrected chi connectivity index (χ1v) is 14.6. The summed E-state index contributed by atoms with van der Waals surface area (Å²) in [6.07, 6.45) is 7.81. The quantitative estimate of drug-likeness (QED) is 0.317. The predicted octanol–water partition coefficient (Wildman–Crippen LogP) is 5.51. The van der Waals surface area contributed by atoms with Gasteiger partial charge in [-0.15, -0.1) is 0 Å². The highest BCUT2D eigenvalue weighted by Gasteiger charge is 2.19. The van der Waals surface area contributed by atoms with Gasteiger partial charge in [0.15, 0.2) is 0 Å². The molecule has 30 heavy (non-hydrogen) atoms. The minimum Gasteiger partial charge on any atom is -0.316 e. The molecule has 0 bridgehead atoms. The Morgan fingerprint density at radius 3 is 2.57 bits per heavy atom. The van der Waals surface area contributed by atoms with Gasteiger partial charge in [-0.05, 0) is 44.5 Å². The summed E-state index contributed by atoms with van der Waals surface area (Å²) < 4.78 is 0. The normalized spacial score (nSPS) is 22.3. The van der Waals surface area contributed by atoms with E-state index in [1.165, 1.54) is 34.0 Å². The molecule has 2 atom stereocenters. The van der Waals surface area contributed by atoms with E-state index in [1.807, 2.05) is 58.4 Å². The molecule has 2 aliphatic rings. The van der Waals surface area contributed by atoms with Gasteiger partial charge in [-0.1, -0.05) is 42.0 Å². The van der Waals surface area contributed by atoms with E-state index in [9.17, 15) is 0 Å². The lowest BCUT2D eigenvalue weighted by Crippen LogP contribution is -2.13. The zero-order valence-corrected chi connectivity index (χ0v) is 20.6. The number of thioether (sulfide) groups is 2. The van der Waals surface area contributed by atoms with E-state index in [2.05, 4.69) is 45.7 Å². The number of aromatic nitrogens is 1. The molecule has 0 aromatic carbocycles. The zero-order chi connectivity index (χ0) is 20.3. The lowest BCUT2D eigenvalue weighted by molar-refractivity contribution is 0.858. The number of hydrogen-bond acceptors (Lipinski definition) is 8. The van der Waals surface area contributed by atoms with Crippen molar-refractivity contribution in [2.24, 2.45) is 4.99 Å². The standard InChI is InChI=1S/C21H32N4S4.CH4/c1-3-5-20(18(22-2)14-26-16-7-10-23-12-16)28-29-21-6-4-9-25-19(21)15-27-17-8-11-24-13-17;/h4-6,9,16-17,23-24H,3,7-8,10-15H2,1-2H3;1H4/b20-5+,22-18?;. The molecule has 0 aliphatic carbocycles. The number of allylic oxidation sites excluding steroid dienone is 2. The molecule has 2 unspecified atom stereocenters. The number of nitrogens with zero attached hydrogens (tertiary/aromatic N) is 2. The summed E-state index contributed by atoms with van der Waals surface area (Å²) in [7, 11) is 5.61. The Bertz CT molecular complexity index is 683. The second kappa shape index (κ2) is 14.9. The highest BCUT2D eigenvalue weighted by atomic mass is 33.1. The van der Waals surface area contributed by atoms with Gasteiger partial charge < -0.3 is 10.6 Å². The molecule has 3 heterocycles. The Labute approximate surface area is 199 Å². The largest absolute Gasteiger partial charge is 0.316 e. The third-order valence-corrected chi connectivity index (χ3v) is 10.1. The Morgan fingerprint density at radius 2 is 1.93 bits per heavy atom. The summed E-state index contributed by atoms with van der Waals surface area (Å²) in [6, 6.07) is 4.26. The third kappa shape index (κ3) is 8.43. The molecule has 4 nitrogen and oxygen atoms in total. The Balaban J connectivity index is 0.00000320. The Kier molecular flexibility index (Phi) is 12.9. The van der Waals surface area contributed by atoms with E-state index >= 15 is 0 Å². The van der Waals surface area contributed by atoms with Crippen molar-refractivity contribution in [2.45, 2.75) is 54.8 Å². The minimum atomic E-state index is 0. The lowest BCUT2D eigenvalue weighted by atomic mass is 10.3. The number of nitrogens with one attached hydrogen (secondary N) is 2. The van der Waals surface area contributed by atoms with Crippen molar-refractivity contribution in [1.29, 1.82) is 0 Å². The fourth-order valence-electron chi connectivity index (χ4n) is 3.26. The van der Waals surface area contributed by atoms with Crippen LogP contribution in [-0.4, -0.2) is 60.2 Å². The predicted molar refractivity (Wildman–Crippen MR) is 142 cm³/mol. The molecule has 3 rings (SSSR count). The van der Waals surface area contributed by atoms with Gasteiger partial charge in [-0.25, -0.2) is 0 Å². The van der Waals surface area contributed by atoms with Gasteiger partial charge in [0.25, 0.3) is 0 Å². The van der Waals surface area contributed by atoms with Gasteiger partial charge in [0.1, 0.15) is 0 Å². The number of rotatable bonds is 11. The molecule has 2 fully saturated rings. The first-order chi connectivity index (χ1) is 14.3. The van der Waals surface area contributed by atoms with Crippen molar-refractivity contribution < 1.29 is 0 Å². The zero-order valence-electron chi connectivity index (χ0n) is 17.4. The fraction of sp³-hybridized carbons (Fsp3) is 0.636. The van der Waals surface area contributed by atoms with Crippen molar-refractivity contribution >= 4 is 50.8 Å². The SMILES string of the molecule is C.CC/C=C(/SSc1cccnc1CSC1CCNC1)C(CSC1CCNC1)=NC. The van der Waals surface area contributed by atoms with Crippen molar-refractivity contribution in [3.63, 3.8) is 0 Å². The highest BCUT2D eigenvalue weighted by molar-refractivity contribution is 8.78. The first-order valence-electron chi connectivity index (χ1n) is 10.4. The highest BCUT2D eigenvalue weighted by Crippen LogP contribution is 2.40. The molecule has 1 aromatic heterocycles. The average Bonchev–Trinajstić information content (AvgIpc) is 3.45. The molecule has 0 radical (unpaired) electrons. The second-order valence-corrected chi connectivity index (χ2v) is 11.9. The smallest absolute Gasteiger partial charge is 0.0646 e. The topological polar surface area (TPSA) is 49.3 Å². The van der Waals surface area contributed by atoms with Gasteiger partial charge >= 0.3 is 0 Å². The van der Waals surface area contributed by atoms with Crippen LogP contribution in [0.25, 0.3) is 0 Å². The van der Waals surface area contributed by atoms with Crippen LogP contribution in [0.5, 0.6) is 0 Å². The average molecular weight is 485 g/mol. The number of pyridine rings is 1. The summed E-state index contributed by atoms with van der Waals surface area (Å²) in [5.41, 5.74) is 2.43. The van der Waals surface area contributed by atoms with E-state index in [-0.39, 0.29) is 7.43 Å². The van der Waals surface area contributed by atoms with Gasteiger partial charge in [0, 0.05) is 58.1 Å². The van der Waals surface area contributed by atoms with Gasteiger partial charge in [-0.3, -0.25) is 9.98 Å². The van der Waals surface area contributed by atoms with Crippen molar-refractivity contribution in [3.05, 3.63) is 35.0 Å². The maximum Gasteiger partial charge on any atom is 0.0646 e. The number of aliphatic imine (C=N–C) groups is 1. The summed E-state index contributed by atoms with van der Waals surface area (Å²) in [5.74, 6) is 1.98. The molecule has 2 N–H and O–H groups in total. The Morgan fingerprint density at radius 1 is 1.20 bits per heavy atom. The maximum atomic E-state index is 4.68. The number of hydrogen-bond donors (Lipinski definition) is 2. The van der Waals surface area contributed by atoms with E-state index in [0.717, 1.165) is 54.6 Å². The van der Waals surface area contributed by atoms with E-state index in [4.69, 9.17) is 0 Å². The van der Waals surface area contributed by atoms with Crippen LogP contribution >= 0.6 is 45.1 Å². The molecule has 0 spiro atoms. The third-order valence-electron chi connectivity index (χ3n) is 4.96. The van der Waals surface area contributed by atoms with Crippen molar-refractivity contribution in [2.75, 3.05) is 39.0 Å². The molecular weight excluding hydrogens is 449 g/mol. The monoisotopic (exact) mass is 484 g/mol. The molecule has 2 aliphatic heterocycles. The van der Waals surface area contributed by atoms with Crippen LogP contribution in [0.3, 0.4) is 0 Å². The van der Waals surface area contributed by atoms with Gasteiger partial charge in [0.05, 0.1) is 11.4 Å². The lowest BCUT2D eigenvalue weighted by Gasteiger charge is -2.14. The van der Waals surface area contributed by atoms with Crippen molar-refractivity contribution in [1.82, 2.24) is 15.6 Å².